The van der Waals surface area contributed by atoms with Gasteiger partial charge < -0.3 is 56.1 Å². The van der Waals surface area contributed by atoms with Crippen molar-refractivity contribution in [1.82, 2.24) is 0 Å². The molecule has 0 spiro atoms. The van der Waals surface area contributed by atoms with Crippen molar-refractivity contribution >= 4 is 0 Å². The fraction of sp³-hybridized carbons (Fsp3) is 1.00. The Morgan fingerprint density at radius 2 is 0.628 bits per heavy atom. The predicted octanol–water partition coefficient (Wildman–Crippen LogP) is 5.10. The highest BCUT2D eigenvalue weighted by Crippen LogP contribution is 2.04. The third kappa shape index (κ3) is 46.1. The molecule has 276 valence electrons. The van der Waals surface area contributed by atoms with Gasteiger partial charge in [-0.1, -0.05) is 66.3 Å². The molecule has 0 bridgehead atoms. The molecule has 3 atom stereocenters. The smallest absolute Gasteiger partial charge is 0.104 e. The molecule has 0 saturated carbocycles. The summed E-state index contributed by atoms with van der Waals surface area (Å²) in [7, 11) is 0. The summed E-state index contributed by atoms with van der Waals surface area (Å²) in [6.07, 6.45) is 3.56. The molecule has 0 aliphatic rings. The van der Waals surface area contributed by atoms with Crippen molar-refractivity contribution in [3.63, 3.8) is 0 Å². The number of hydrogen-bond donors (Lipinski definition) is 4. The molecular formula is C32H86N4O7. The summed E-state index contributed by atoms with van der Waals surface area (Å²) in [5, 5.41) is 0. The lowest BCUT2D eigenvalue weighted by molar-refractivity contribution is -0.109. The number of nitrogens with two attached hydrogens (primary N) is 4. The van der Waals surface area contributed by atoms with E-state index in [2.05, 4.69) is 6.92 Å². The summed E-state index contributed by atoms with van der Waals surface area (Å²) < 4.78 is 40.8. The molecule has 11 nitrogen and oxygen atoms in total. The van der Waals surface area contributed by atoms with Gasteiger partial charge in [0.25, 0.3) is 0 Å². The van der Waals surface area contributed by atoms with Crippen LogP contribution in [0, 0.1) is 0 Å². The molecule has 3 unspecified atom stereocenters. The van der Waals surface area contributed by atoms with Crippen LogP contribution in [0.1, 0.15) is 98.4 Å². The minimum atomic E-state index is -0.231. The Morgan fingerprint density at radius 1 is 0.372 bits per heavy atom. The zero-order valence-electron chi connectivity index (χ0n) is 22.0. The topological polar surface area (TPSA) is 169 Å². The summed E-state index contributed by atoms with van der Waals surface area (Å²) in [5.74, 6) is 0. The van der Waals surface area contributed by atoms with Crippen LogP contribution in [0.25, 0.3) is 0 Å². The molecule has 43 heavy (non-hydrogen) atoms. The van der Waals surface area contributed by atoms with Gasteiger partial charge in [0.15, 0.2) is 0 Å². The normalized spacial score (nSPS) is 11.7. The van der Waals surface area contributed by atoms with Gasteiger partial charge in [0.05, 0.1) is 39.6 Å². The van der Waals surface area contributed by atoms with Gasteiger partial charge in [-0.15, -0.1) is 0 Å². The average molecular weight is 639 g/mol. The van der Waals surface area contributed by atoms with Gasteiger partial charge in [0.2, 0.25) is 0 Å². The average Bonchev–Trinajstić information content (AvgIpc) is 2.86. The van der Waals surface area contributed by atoms with Crippen LogP contribution in [0.2, 0.25) is 0 Å². The van der Waals surface area contributed by atoms with Gasteiger partial charge in [-0.2, -0.15) is 0 Å². The van der Waals surface area contributed by atoms with Gasteiger partial charge in [0.1, 0.15) is 18.3 Å². The van der Waals surface area contributed by atoms with Gasteiger partial charge in [-0.05, 0) is 58.3 Å². The SMILES string of the molecule is C.C.C.C.C.C.C.C.CCCOCC(COCC(COCC(COCCCN)OCCCN)OCCCN)OCCCN. The molecule has 0 aliphatic carbocycles. The van der Waals surface area contributed by atoms with Crippen molar-refractivity contribution in [3.8, 4) is 0 Å². The van der Waals surface area contributed by atoms with Crippen molar-refractivity contribution in [2.75, 3.05) is 98.9 Å². The molecule has 0 radical (unpaired) electrons. The molecule has 0 amide bonds. The van der Waals surface area contributed by atoms with Crippen LogP contribution in [0.5, 0.6) is 0 Å². The van der Waals surface area contributed by atoms with Crippen LogP contribution >= 0.6 is 0 Å². The first kappa shape index (κ1) is 65.3. The lowest BCUT2D eigenvalue weighted by Gasteiger charge is -2.23. The van der Waals surface area contributed by atoms with Crippen LogP contribution in [-0.2, 0) is 33.2 Å². The summed E-state index contributed by atoms with van der Waals surface area (Å²) in [5.41, 5.74) is 22.3. The van der Waals surface area contributed by atoms with Crippen molar-refractivity contribution in [1.29, 1.82) is 0 Å². The Labute approximate surface area is 271 Å². The van der Waals surface area contributed by atoms with Gasteiger partial charge in [0, 0.05) is 33.0 Å². The fourth-order valence-electron chi connectivity index (χ4n) is 2.85. The summed E-state index contributed by atoms with van der Waals surface area (Å²) in [6, 6.07) is 0. The third-order valence-corrected chi connectivity index (χ3v) is 4.77. The molecule has 0 aliphatic heterocycles. The molecule has 0 fully saturated rings. The van der Waals surface area contributed by atoms with Crippen LogP contribution in [0.4, 0.5) is 0 Å². The largest absolute Gasteiger partial charge is 0.379 e. The summed E-state index contributed by atoms with van der Waals surface area (Å²) in [6.45, 7) is 9.87. The van der Waals surface area contributed by atoms with E-state index >= 15 is 0 Å². The monoisotopic (exact) mass is 639 g/mol. The molecular weight excluding hydrogens is 552 g/mol. The lowest BCUT2D eigenvalue weighted by Crippen LogP contribution is -2.33. The Bertz CT molecular complexity index is 408. The quantitative estimate of drug-likeness (QED) is 0.0804. The van der Waals surface area contributed by atoms with E-state index in [9.17, 15) is 0 Å². The number of ether oxygens (including phenoxy) is 7. The third-order valence-electron chi connectivity index (χ3n) is 4.77. The Hall–Kier alpha value is -0.440. The zero-order valence-corrected chi connectivity index (χ0v) is 22.0. The molecule has 0 aromatic carbocycles. The van der Waals surface area contributed by atoms with Gasteiger partial charge in [-0.3, -0.25) is 0 Å². The second kappa shape index (κ2) is 54.1. The van der Waals surface area contributed by atoms with Gasteiger partial charge in [-0.25, -0.2) is 0 Å². The van der Waals surface area contributed by atoms with E-state index in [1.54, 1.807) is 0 Å². The lowest BCUT2D eigenvalue weighted by atomic mass is 10.3. The maximum absolute atomic E-state index is 5.93. The van der Waals surface area contributed by atoms with E-state index < -0.39 is 0 Å². The highest BCUT2D eigenvalue weighted by atomic mass is 16.6. The maximum atomic E-state index is 5.93. The Balaban J connectivity index is -0.000000206. The second-order valence-corrected chi connectivity index (χ2v) is 8.27. The van der Waals surface area contributed by atoms with E-state index in [0.29, 0.717) is 98.9 Å². The zero-order chi connectivity index (χ0) is 25.8. The molecule has 0 saturated heterocycles. The molecule has 0 rings (SSSR count). The van der Waals surface area contributed by atoms with Crippen molar-refractivity contribution in [2.24, 2.45) is 22.9 Å². The first-order valence-electron chi connectivity index (χ1n) is 13.2. The van der Waals surface area contributed by atoms with Crippen molar-refractivity contribution < 1.29 is 33.2 Å². The number of rotatable bonds is 29. The van der Waals surface area contributed by atoms with Crippen LogP contribution in [-0.4, -0.2) is 117 Å². The Morgan fingerprint density at radius 3 is 0.907 bits per heavy atom. The molecule has 11 heteroatoms. The minimum absolute atomic E-state index is 0. The van der Waals surface area contributed by atoms with E-state index in [-0.39, 0.29) is 77.7 Å². The van der Waals surface area contributed by atoms with Crippen LogP contribution in [0.15, 0.2) is 0 Å². The van der Waals surface area contributed by atoms with Crippen LogP contribution < -0.4 is 22.9 Å². The van der Waals surface area contributed by atoms with Crippen LogP contribution in [0.3, 0.4) is 0 Å². The van der Waals surface area contributed by atoms with E-state index in [4.69, 9.17) is 56.1 Å². The van der Waals surface area contributed by atoms with Crippen molar-refractivity contribution in [3.05, 3.63) is 0 Å². The standard InChI is InChI=1S/C24H54N4O7.8CH4/c1-2-11-29-16-22(33-13-4-8-26)18-31-20-24(35-15-6-10-28)21-32-19-23(34-14-5-9-27)17-30-12-3-7-25;;;;;;;;/h22-24H,2-21,25-28H2,1H3;8*1H4. The van der Waals surface area contributed by atoms with E-state index in [0.717, 1.165) is 32.1 Å². The second-order valence-electron chi connectivity index (χ2n) is 8.27. The summed E-state index contributed by atoms with van der Waals surface area (Å²) >= 11 is 0. The minimum Gasteiger partial charge on any atom is -0.379 e. The summed E-state index contributed by atoms with van der Waals surface area (Å²) in [4.78, 5) is 0. The number of hydrogen-bond acceptors (Lipinski definition) is 11. The van der Waals surface area contributed by atoms with Crippen molar-refractivity contribution in [2.45, 2.75) is 117 Å². The fourth-order valence-corrected chi connectivity index (χ4v) is 2.85. The predicted molar refractivity (Wildman–Crippen MR) is 191 cm³/mol. The molecule has 0 aromatic rings. The first-order valence-corrected chi connectivity index (χ1v) is 13.2. The van der Waals surface area contributed by atoms with E-state index in [1.807, 2.05) is 0 Å². The molecule has 0 aromatic heterocycles. The van der Waals surface area contributed by atoms with Gasteiger partial charge >= 0.3 is 0 Å². The highest BCUT2D eigenvalue weighted by Gasteiger charge is 2.16. The molecule has 8 N–H and O–H groups in total. The maximum Gasteiger partial charge on any atom is 0.104 e. The molecule has 0 heterocycles. The van der Waals surface area contributed by atoms with E-state index in [1.165, 1.54) is 0 Å². The Kier molecular flexibility index (Phi) is 82.1. The first-order chi connectivity index (χ1) is 17.2. The highest BCUT2D eigenvalue weighted by molar-refractivity contribution is 4.62.